The molecule has 118 valence electrons. The molecule has 0 heterocycles. The Balaban J connectivity index is 3.32. The number of nitrogen functional groups attached to an aromatic ring is 1. The van der Waals surface area contributed by atoms with Crippen LogP contribution in [0.5, 0.6) is 0 Å². The molecule has 0 atom stereocenters. The minimum Gasteiger partial charge on any atom is -0.468 e. The van der Waals surface area contributed by atoms with Gasteiger partial charge in [-0.1, -0.05) is 18.5 Å². The summed E-state index contributed by atoms with van der Waals surface area (Å²) in [5.41, 5.74) is 5.01. The molecule has 0 aliphatic rings. The second-order valence-corrected chi connectivity index (χ2v) is 6.56. The lowest BCUT2D eigenvalue weighted by molar-refractivity contribution is -0.140. The smallest absolute Gasteiger partial charge is 0.321 e. The van der Waals surface area contributed by atoms with E-state index in [9.17, 15) is 17.6 Å². The molecule has 9 heteroatoms. The largest absolute Gasteiger partial charge is 0.468 e. The van der Waals surface area contributed by atoms with E-state index in [1.165, 1.54) is 0 Å². The molecule has 21 heavy (non-hydrogen) atoms. The number of methoxy groups -OCH3 is 1. The van der Waals surface area contributed by atoms with E-state index in [-0.39, 0.29) is 17.3 Å². The number of benzene rings is 1. The number of nitrogens with two attached hydrogens (primary N) is 1. The third-order valence-electron chi connectivity index (χ3n) is 2.66. The average molecular weight is 339 g/mol. The van der Waals surface area contributed by atoms with Crippen molar-refractivity contribution in [3.05, 3.63) is 23.0 Å². The first-order valence-corrected chi connectivity index (χ1v) is 7.87. The Morgan fingerprint density at radius 1 is 1.48 bits per heavy atom. The standard InChI is InChI=1S/C12H16ClFN2O4S/c1-3-4-16(7-11(17)20-2)21(18,19)10-6-8(13)5-9(15)12(10)14/h5-6H,3-4,7,15H2,1-2H3. The number of sulfonamides is 1. The van der Waals surface area contributed by atoms with Crippen molar-refractivity contribution in [1.29, 1.82) is 0 Å². The second-order valence-electron chi connectivity index (χ2n) is 4.22. The van der Waals surface area contributed by atoms with Gasteiger partial charge in [0.25, 0.3) is 0 Å². The van der Waals surface area contributed by atoms with Gasteiger partial charge in [0.05, 0.1) is 12.8 Å². The molecule has 0 spiro atoms. The number of anilines is 1. The lowest BCUT2D eigenvalue weighted by Crippen LogP contribution is -2.37. The fourth-order valence-corrected chi connectivity index (χ4v) is 3.54. The van der Waals surface area contributed by atoms with Crippen LogP contribution in [0.2, 0.25) is 5.02 Å². The van der Waals surface area contributed by atoms with Crippen LogP contribution in [-0.2, 0) is 19.6 Å². The van der Waals surface area contributed by atoms with Crippen molar-refractivity contribution in [1.82, 2.24) is 4.31 Å². The lowest BCUT2D eigenvalue weighted by Gasteiger charge is -2.21. The van der Waals surface area contributed by atoms with Gasteiger partial charge in [-0.2, -0.15) is 4.31 Å². The first-order valence-electron chi connectivity index (χ1n) is 6.05. The molecule has 0 saturated carbocycles. The molecule has 0 bridgehead atoms. The van der Waals surface area contributed by atoms with Gasteiger partial charge in [0.15, 0.2) is 5.82 Å². The molecular weight excluding hydrogens is 323 g/mol. The number of hydrogen-bond acceptors (Lipinski definition) is 5. The fraction of sp³-hybridized carbons (Fsp3) is 0.417. The molecule has 6 nitrogen and oxygen atoms in total. The molecule has 0 unspecified atom stereocenters. The average Bonchev–Trinajstić information content (AvgIpc) is 2.41. The van der Waals surface area contributed by atoms with Crippen LogP contribution in [0.25, 0.3) is 0 Å². The zero-order valence-electron chi connectivity index (χ0n) is 11.6. The van der Waals surface area contributed by atoms with E-state index < -0.39 is 33.3 Å². The summed E-state index contributed by atoms with van der Waals surface area (Å²) in [6.45, 7) is 1.24. The topological polar surface area (TPSA) is 89.7 Å². The highest BCUT2D eigenvalue weighted by atomic mass is 35.5. The first kappa shape index (κ1) is 17.7. The lowest BCUT2D eigenvalue weighted by atomic mass is 10.3. The summed E-state index contributed by atoms with van der Waals surface area (Å²) in [5.74, 6) is -1.84. The van der Waals surface area contributed by atoms with Gasteiger partial charge in [-0.05, 0) is 18.6 Å². The van der Waals surface area contributed by atoms with Crippen LogP contribution in [0.1, 0.15) is 13.3 Å². The van der Waals surface area contributed by atoms with Crippen LogP contribution in [0.15, 0.2) is 17.0 Å². The van der Waals surface area contributed by atoms with Gasteiger partial charge < -0.3 is 10.5 Å². The number of esters is 1. The molecule has 0 radical (unpaired) electrons. The molecule has 1 aromatic rings. The number of halogens is 2. The van der Waals surface area contributed by atoms with Crippen LogP contribution in [0, 0.1) is 5.82 Å². The van der Waals surface area contributed by atoms with Gasteiger partial charge >= 0.3 is 5.97 Å². The predicted octanol–water partition coefficient (Wildman–Crippen LogP) is 1.64. The van der Waals surface area contributed by atoms with Gasteiger partial charge in [-0.15, -0.1) is 0 Å². The molecule has 0 amide bonds. The molecule has 0 aliphatic heterocycles. The Morgan fingerprint density at radius 3 is 2.62 bits per heavy atom. The molecular formula is C12H16ClFN2O4S. The number of nitrogens with zero attached hydrogens (tertiary/aromatic N) is 1. The Hall–Kier alpha value is -1.38. The highest BCUT2D eigenvalue weighted by Crippen LogP contribution is 2.27. The molecule has 0 saturated heterocycles. The Labute approximate surface area is 127 Å². The van der Waals surface area contributed by atoms with E-state index in [1.807, 2.05) is 0 Å². The molecule has 1 aromatic carbocycles. The molecule has 0 aliphatic carbocycles. The normalized spacial score (nSPS) is 11.7. The third kappa shape index (κ3) is 4.05. The maximum Gasteiger partial charge on any atom is 0.321 e. The zero-order chi connectivity index (χ0) is 16.2. The minimum atomic E-state index is -4.25. The number of rotatable bonds is 6. The maximum absolute atomic E-state index is 14.0. The van der Waals surface area contributed by atoms with Crippen molar-refractivity contribution in [3.63, 3.8) is 0 Å². The predicted molar refractivity (Wildman–Crippen MR) is 76.9 cm³/mol. The summed E-state index contributed by atoms with van der Waals surface area (Å²) >= 11 is 5.72. The van der Waals surface area contributed by atoms with Gasteiger partial charge in [-0.25, -0.2) is 12.8 Å². The van der Waals surface area contributed by atoms with E-state index in [0.29, 0.717) is 6.42 Å². The SMILES string of the molecule is CCCN(CC(=O)OC)S(=O)(=O)c1cc(Cl)cc(N)c1F. The summed E-state index contributed by atoms with van der Waals surface area (Å²) in [6, 6.07) is 2.07. The zero-order valence-corrected chi connectivity index (χ0v) is 13.2. The van der Waals surface area contributed by atoms with Crippen molar-refractivity contribution in [2.24, 2.45) is 0 Å². The summed E-state index contributed by atoms with van der Waals surface area (Å²) < 4.78 is 44.2. The van der Waals surface area contributed by atoms with Gasteiger partial charge in [0, 0.05) is 11.6 Å². The first-order chi connectivity index (χ1) is 9.73. The van der Waals surface area contributed by atoms with Gasteiger partial charge in [0.2, 0.25) is 10.0 Å². The van der Waals surface area contributed by atoms with Crippen LogP contribution < -0.4 is 5.73 Å². The maximum atomic E-state index is 14.0. The summed E-state index contributed by atoms with van der Waals surface area (Å²) in [5, 5.41) is -0.0120. The highest BCUT2D eigenvalue weighted by molar-refractivity contribution is 7.89. The van der Waals surface area contributed by atoms with Gasteiger partial charge in [-0.3, -0.25) is 4.79 Å². The number of carbonyl (C=O) groups is 1. The Bertz CT molecular complexity index is 636. The Kier molecular flexibility index (Phi) is 5.94. The van der Waals surface area contributed by atoms with Crippen molar-refractivity contribution < 1.29 is 22.3 Å². The molecule has 0 fully saturated rings. The van der Waals surface area contributed by atoms with E-state index in [4.69, 9.17) is 17.3 Å². The van der Waals surface area contributed by atoms with E-state index in [0.717, 1.165) is 23.5 Å². The molecule has 0 aromatic heterocycles. The van der Waals surface area contributed by atoms with Crippen molar-refractivity contribution in [2.45, 2.75) is 18.2 Å². The number of carbonyl (C=O) groups excluding carboxylic acids is 1. The number of ether oxygens (including phenoxy) is 1. The van der Waals surface area contributed by atoms with E-state index in [1.54, 1.807) is 6.92 Å². The van der Waals surface area contributed by atoms with E-state index in [2.05, 4.69) is 4.74 Å². The molecule has 2 N–H and O–H groups in total. The summed E-state index contributed by atoms with van der Waals surface area (Å²) in [4.78, 5) is 10.7. The monoisotopic (exact) mass is 338 g/mol. The van der Waals surface area contributed by atoms with Crippen molar-refractivity contribution in [2.75, 3.05) is 25.9 Å². The molecule has 1 rings (SSSR count). The quantitative estimate of drug-likeness (QED) is 0.629. The highest BCUT2D eigenvalue weighted by Gasteiger charge is 2.30. The van der Waals surface area contributed by atoms with Crippen LogP contribution in [-0.4, -0.2) is 38.9 Å². The minimum absolute atomic E-state index is 0.0120. The number of hydrogen-bond donors (Lipinski definition) is 1. The van der Waals surface area contributed by atoms with Crippen LogP contribution in [0.3, 0.4) is 0 Å². The summed E-state index contributed by atoms with van der Waals surface area (Å²) in [7, 11) is -3.12. The van der Waals surface area contributed by atoms with Crippen LogP contribution >= 0.6 is 11.6 Å². The van der Waals surface area contributed by atoms with Crippen molar-refractivity contribution in [3.8, 4) is 0 Å². The summed E-state index contributed by atoms with van der Waals surface area (Å²) in [6.07, 6.45) is 0.438. The Morgan fingerprint density at radius 2 is 2.10 bits per heavy atom. The fourth-order valence-electron chi connectivity index (χ4n) is 1.65. The third-order valence-corrected chi connectivity index (χ3v) is 4.72. The van der Waals surface area contributed by atoms with Crippen molar-refractivity contribution >= 4 is 33.3 Å². The van der Waals surface area contributed by atoms with Crippen LogP contribution in [0.4, 0.5) is 10.1 Å². The second kappa shape index (κ2) is 7.06. The van der Waals surface area contributed by atoms with E-state index >= 15 is 0 Å². The van der Waals surface area contributed by atoms with Gasteiger partial charge in [0.1, 0.15) is 11.4 Å².